The second kappa shape index (κ2) is 7.71. The average molecular weight is 247 g/mol. The molecule has 1 aliphatic heterocycles. The van der Waals surface area contributed by atoms with Crippen LogP contribution in [-0.2, 0) is 4.74 Å². The first kappa shape index (κ1) is 19.9. The molecule has 0 aliphatic carbocycles. The van der Waals surface area contributed by atoms with Crippen molar-refractivity contribution >= 4 is 12.4 Å². The Hall–Kier alpha value is 0.460. The van der Waals surface area contributed by atoms with Crippen LogP contribution in [0.15, 0.2) is 0 Å². The maximum atomic E-state index is 5.21. The molecule has 0 bridgehead atoms. The van der Waals surface area contributed by atoms with Gasteiger partial charge in [-0.3, -0.25) is 0 Å². The molecule has 0 aromatic carbocycles. The highest BCUT2D eigenvalue weighted by Gasteiger charge is 2.31. The van der Waals surface area contributed by atoms with Gasteiger partial charge in [0, 0.05) is 6.42 Å². The summed E-state index contributed by atoms with van der Waals surface area (Å²) in [6.45, 7) is 6.75. The highest BCUT2D eigenvalue weighted by molar-refractivity contribution is 5.85. The molecule has 1 aliphatic rings. The third-order valence-electron chi connectivity index (χ3n) is 3.01. The highest BCUT2D eigenvalue weighted by Crippen LogP contribution is 2.20. The van der Waals surface area contributed by atoms with Gasteiger partial charge in [0.15, 0.2) is 0 Å². The van der Waals surface area contributed by atoms with Gasteiger partial charge >= 0.3 is 0 Å². The fourth-order valence-electron chi connectivity index (χ4n) is 1.18. The van der Waals surface area contributed by atoms with E-state index in [1.807, 2.05) is 0 Å². The first-order valence-electron chi connectivity index (χ1n) is 4.50. The van der Waals surface area contributed by atoms with E-state index in [0.717, 1.165) is 17.1 Å². The molecule has 0 spiro atoms. The van der Waals surface area contributed by atoms with Crippen molar-refractivity contribution in [2.75, 3.05) is 27.2 Å². The van der Waals surface area contributed by atoms with Crippen LogP contribution in [0.25, 0.3) is 0 Å². The number of nitrogens with zero attached hydrogens (tertiary/aromatic N) is 1. The van der Waals surface area contributed by atoms with Gasteiger partial charge in [-0.05, 0) is 13.8 Å². The third-order valence-corrected chi connectivity index (χ3v) is 3.01. The molecule has 1 heterocycles. The van der Waals surface area contributed by atoms with Crippen LogP contribution in [0.2, 0.25) is 0 Å². The van der Waals surface area contributed by atoms with E-state index in [1.165, 1.54) is 13.0 Å². The number of ether oxygens (including phenoxy) is 1. The zero-order chi connectivity index (χ0) is 8.48. The van der Waals surface area contributed by atoms with Crippen molar-refractivity contribution in [2.45, 2.75) is 32.4 Å². The topological polar surface area (TPSA) is 47.5 Å². The van der Waals surface area contributed by atoms with Gasteiger partial charge < -0.3 is 27.8 Å². The molecule has 0 amide bonds. The summed E-state index contributed by atoms with van der Waals surface area (Å²) in [5, 5.41) is 0. The second-order valence-electron chi connectivity index (χ2n) is 4.13. The molecule has 0 aromatic heterocycles. The van der Waals surface area contributed by atoms with E-state index in [4.69, 9.17) is 4.74 Å². The number of halogens is 2. The molecule has 2 unspecified atom stereocenters. The summed E-state index contributed by atoms with van der Waals surface area (Å²) in [6.07, 6.45) is 1.80. The minimum absolute atomic E-state index is 0. The summed E-state index contributed by atoms with van der Waals surface area (Å²) < 4.78 is 6.32. The number of quaternary nitrogens is 1. The van der Waals surface area contributed by atoms with E-state index in [9.17, 15) is 0 Å². The smallest absolute Gasteiger partial charge is 0.0883 e. The number of epoxide rings is 1. The van der Waals surface area contributed by atoms with Crippen LogP contribution >= 0.6 is 12.4 Å². The number of rotatable bonds is 4. The van der Waals surface area contributed by atoms with E-state index in [1.54, 1.807) is 0 Å². The van der Waals surface area contributed by atoms with Crippen LogP contribution in [0.5, 0.6) is 0 Å². The van der Waals surface area contributed by atoms with Crippen molar-refractivity contribution in [1.29, 1.82) is 0 Å². The predicted octanol–water partition coefficient (Wildman–Crippen LogP) is -1.15. The molecule has 14 heavy (non-hydrogen) atoms. The summed E-state index contributed by atoms with van der Waals surface area (Å²) in [5.41, 5.74) is 0. The summed E-state index contributed by atoms with van der Waals surface area (Å²) in [5.74, 6) is 0. The lowest BCUT2D eigenvalue weighted by Crippen LogP contribution is -3.00. The van der Waals surface area contributed by atoms with Crippen LogP contribution in [0.4, 0.5) is 0 Å². The summed E-state index contributed by atoms with van der Waals surface area (Å²) in [7, 11) is 4.57. The highest BCUT2D eigenvalue weighted by atomic mass is 35.5. The van der Waals surface area contributed by atoms with E-state index < -0.39 is 0 Å². The standard InChI is InChI=1S/C9H20NO.2ClH.H3N/c1-5-10(3,4)8(2)6-9-7-11-9;;;/h8-9H,5-7H2,1-4H3;2*1H;1H3/q+1;;;/p-1. The van der Waals surface area contributed by atoms with Crippen molar-refractivity contribution in [3.63, 3.8) is 0 Å². The van der Waals surface area contributed by atoms with Gasteiger partial charge in [0.25, 0.3) is 0 Å². The maximum Gasteiger partial charge on any atom is 0.0883 e. The maximum absolute atomic E-state index is 5.21. The number of hydrogen-bond acceptors (Lipinski definition) is 2. The van der Waals surface area contributed by atoms with E-state index in [0.29, 0.717) is 6.10 Å². The Morgan fingerprint density at radius 2 is 1.86 bits per heavy atom. The first-order chi connectivity index (χ1) is 5.06. The molecule has 0 aromatic rings. The van der Waals surface area contributed by atoms with E-state index in [-0.39, 0.29) is 31.0 Å². The Labute approximate surface area is 100 Å². The van der Waals surface area contributed by atoms with Crippen molar-refractivity contribution in [2.24, 2.45) is 0 Å². The van der Waals surface area contributed by atoms with Gasteiger partial charge in [-0.2, -0.15) is 0 Å². The lowest BCUT2D eigenvalue weighted by molar-refractivity contribution is -0.911. The predicted molar refractivity (Wildman–Crippen MR) is 58.7 cm³/mol. The monoisotopic (exact) mass is 246 g/mol. The molecule has 5 heteroatoms. The minimum atomic E-state index is 0. The van der Waals surface area contributed by atoms with Crippen LogP contribution in [-0.4, -0.2) is 43.9 Å². The molecule has 1 fully saturated rings. The molecule has 1 rings (SSSR count). The molecule has 0 radical (unpaired) electrons. The first-order valence-corrected chi connectivity index (χ1v) is 4.50. The van der Waals surface area contributed by atoms with Gasteiger partial charge in [-0.25, -0.2) is 0 Å². The van der Waals surface area contributed by atoms with Crippen LogP contribution in [0.1, 0.15) is 20.3 Å². The lowest BCUT2D eigenvalue weighted by Gasteiger charge is -2.34. The lowest BCUT2D eigenvalue weighted by atomic mass is 10.1. The van der Waals surface area contributed by atoms with Crippen LogP contribution < -0.4 is 18.6 Å². The summed E-state index contributed by atoms with van der Waals surface area (Å²) in [6, 6.07) is 0.729. The van der Waals surface area contributed by atoms with Crippen LogP contribution in [0.3, 0.4) is 0 Å². The second-order valence-corrected chi connectivity index (χ2v) is 4.13. The van der Waals surface area contributed by atoms with Gasteiger partial charge in [0.1, 0.15) is 0 Å². The Morgan fingerprint density at radius 3 is 2.14 bits per heavy atom. The van der Waals surface area contributed by atoms with Crippen molar-refractivity contribution < 1.29 is 21.6 Å². The SMILES string of the molecule is CC[N+](C)(C)C(C)CC1CO1.Cl.N.[Cl-]. The molecule has 0 saturated carbocycles. The van der Waals surface area contributed by atoms with Gasteiger partial charge in [-0.1, -0.05) is 0 Å². The molecular formula is C9H24Cl2N2O. The Morgan fingerprint density at radius 1 is 1.43 bits per heavy atom. The van der Waals surface area contributed by atoms with E-state index >= 15 is 0 Å². The Kier molecular flexibility index (Phi) is 11.0. The van der Waals surface area contributed by atoms with Crippen LogP contribution in [0, 0.1) is 0 Å². The number of hydrogen-bond donors (Lipinski definition) is 1. The molecule has 90 valence electrons. The fourth-order valence-corrected chi connectivity index (χ4v) is 1.18. The molecule has 2 atom stereocenters. The fraction of sp³-hybridized carbons (Fsp3) is 1.00. The van der Waals surface area contributed by atoms with Gasteiger partial charge in [0.2, 0.25) is 0 Å². The molecule has 3 nitrogen and oxygen atoms in total. The Bertz CT molecular complexity index is 141. The molecule has 3 N–H and O–H groups in total. The van der Waals surface area contributed by atoms with Crippen molar-refractivity contribution in [3.05, 3.63) is 0 Å². The van der Waals surface area contributed by atoms with Crippen molar-refractivity contribution in [1.82, 2.24) is 6.15 Å². The van der Waals surface area contributed by atoms with E-state index in [2.05, 4.69) is 27.9 Å². The zero-order valence-electron chi connectivity index (χ0n) is 9.62. The largest absolute Gasteiger partial charge is 1.00 e. The summed E-state index contributed by atoms with van der Waals surface area (Å²) >= 11 is 0. The minimum Gasteiger partial charge on any atom is -1.00 e. The normalized spacial score (nSPS) is 21.0. The van der Waals surface area contributed by atoms with Gasteiger partial charge in [-0.15, -0.1) is 12.4 Å². The Balaban J connectivity index is -0.000000403. The molecular weight excluding hydrogens is 223 g/mol. The zero-order valence-corrected chi connectivity index (χ0v) is 11.2. The third kappa shape index (κ3) is 6.04. The molecule has 1 saturated heterocycles. The summed E-state index contributed by atoms with van der Waals surface area (Å²) in [4.78, 5) is 0. The quantitative estimate of drug-likeness (QED) is 0.503. The van der Waals surface area contributed by atoms with Gasteiger partial charge in [0.05, 0.1) is 39.4 Å². The average Bonchev–Trinajstić information content (AvgIpc) is 2.72. The van der Waals surface area contributed by atoms with Crippen molar-refractivity contribution in [3.8, 4) is 0 Å².